The van der Waals surface area contributed by atoms with E-state index >= 15 is 0 Å². The second kappa shape index (κ2) is 5.50. The molecule has 0 radical (unpaired) electrons. The number of aliphatic hydroxyl groups is 2. The molecule has 0 aromatic rings. The molecule has 2 nitrogen and oxygen atoms in total. The second-order valence-corrected chi connectivity index (χ2v) is 5.86. The first-order valence-electron chi connectivity index (χ1n) is 7.13. The quantitative estimate of drug-likeness (QED) is 0.711. The fourth-order valence-corrected chi connectivity index (χ4v) is 3.53. The summed E-state index contributed by atoms with van der Waals surface area (Å²) in [6, 6.07) is 0. The summed E-state index contributed by atoms with van der Waals surface area (Å²) < 4.78 is 0. The molecular weight excluding hydrogens is 200 g/mol. The SMILES string of the molecule is OC(C1CCCCC1)C1(O)CCCCCC1. The molecule has 1 atom stereocenters. The molecule has 2 fully saturated rings. The van der Waals surface area contributed by atoms with Gasteiger partial charge in [-0.2, -0.15) is 0 Å². The number of hydrogen-bond acceptors (Lipinski definition) is 2. The van der Waals surface area contributed by atoms with Crippen LogP contribution in [0.1, 0.15) is 70.6 Å². The largest absolute Gasteiger partial charge is 0.390 e. The third kappa shape index (κ3) is 2.78. The highest BCUT2D eigenvalue weighted by Crippen LogP contribution is 2.37. The van der Waals surface area contributed by atoms with Gasteiger partial charge in [0.25, 0.3) is 0 Å². The molecule has 0 aromatic carbocycles. The lowest BCUT2D eigenvalue weighted by molar-refractivity contribution is -0.114. The van der Waals surface area contributed by atoms with Crippen LogP contribution < -0.4 is 0 Å². The average Bonchev–Trinajstić information content (AvgIpc) is 2.55. The molecule has 2 heteroatoms. The van der Waals surface area contributed by atoms with Crippen LogP contribution in [0.2, 0.25) is 0 Å². The van der Waals surface area contributed by atoms with Crippen molar-refractivity contribution in [3.8, 4) is 0 Å². The molecule has 0 amide bonds. The van der Waals surface area contributed by atoms with Crippen LogP contribution in [0, 0.1) is 5.92 Å². The maximum absolute atomic E-state index is 10.6. The van der Waals surface area contributed by atoms with Gasteiger partial charge < -0.3 is 10.2 Å². The van der Waals surface area contributed by atoms with E-state index in [1.54, 1.807) is 0 Å². The Morgan fingerprint density at radius 2 is 1.31 bits per heavy atom. The van der Waals surface area contributed by atoms with Crippen LogP contribution in [0.4, 0.5) is 0 Å². The van der Waals surface area contributed by atoms with Gasteiger partial charge >= 0.3 is 0 Å². The van der Waals surface area contributed by atoms with Crippen molar-refractivity contribution in [1.82, 2.24) is 0 Å². The first kappa shape index (κ1) is 12.4. The Morgan fingerprint density at radius 1 is 0.812 bits per heavy atom. The fourth-order valence-electron chi connectivity index (χ4n) is 3.53. The molecule has 2 rings (SSSR count). The molecule has 1 unspecified atom stereocenters. The molecule has 0 bridgehead atoms. The van der Waals surface area contributed by atoms with E-state index in [0.717, 1.165) is 38.5 Å². The summed E-state index contributed by atoms with van der Waals surface area (Å²) in [5.74, 6) is 0.358. The predicted molar refractivity (Wildman–Crippen MR) is 65.2 cm³/mol. The van der Waals surface area contributed by atoms with Crippen molar-refractivity contribution in [2.24, 2.45) is 5.92 Å². The summed E-state index contributed by atoms with van der Waals surface area (Å²) in [5.41, 5.74) is -0.765. The fraction of sp³-hybridized carbons (Fsp3) is 1.00. The van der Waals surface area contributed by atoms with Crippen molar-refractivity contribution in [3.05, 3.63) is 0 Å². The van der Waals surface area contributed by atoms with Gasteiger partial charge in [0.2, 0.25) is 0 Å². The third-order valence-electron chi connectivity index (χ3n) is 4.62. The molecule has 0 spiro atoms. The molecule has 2 saturated carbocycles. The Hall–Kier alpha value is -0.0800. The van der Waals surface area contributed by atoms with Gasteiger partial charge in [-0.15, -0.1) is 0 Å². The van der Waals surface area contributed by atoms with E-state index in [1.165, 1.54) is 32.1 Å². The number of rotatable bonds is 2. The van der Waals surface area contributed by atoms with Crippen molar-refractivity contribution < 1.29 is 10.2 Å². The van der Waals surface area contributed by atoms with Crippen LogP contribution in [0.25, 0.3) is 0 Å². The van der Waals surface area contributed by atoms with Gasteiger partial charge in [-0.05, 0) is 31.6 Å². The van der Waals surface area contributed by atoms with Crippen LogP contribution in [0.3, 0.4) is 0 Å². The number of hydrogen-bond donors (Lipinski definition) is 2. The zero-order valence-electron chi connectivity index (χ0n) is 10.3. The first-order chi connectivity index (χ1) is 7.72. The molecule has 0 aromatic heterocycles. The van der Waals surface area contributed by atoms with Crippen LogP contribution in [0.15, 0.2) is 0 Å². The zero-order valence-corrected chi connectivity index (χ0v) is 10.3. The Bertz CT molecular complexity index is 201. The van der Waals surface area contributed by atoms with E-state index in [2.05, 4.69) is 0 Å². The van der Waals surface area contributed by atoms with Gasteiger partial charge in [-0.3, -0.25) is 0 Å². The van der Waals surface area contributed by atoms with Crippen LogP contribution in [-0.2, 0) is 0 Å². The normalized spacial score (nSPS) is 29.6. The second-order valence-electron chi connectivity index (χ2n) is 5.86. The Labute approximate surface area is 99.1 Å². The lowest BCUT2D eigenvalue weighted by atomic mass is 9.75. The Morgan fingerprint density at radius 3 is 1.88 bits per heavy atom. The predicted octanol–water partition coefficient (Wildman–Crippen LogP) is 3.01. The van der Waals surface area contributed by atoms with E-state index in [-0.39, 0.29) is 0 Å². The summed E-state index contributed by atoms with van der Waals surface area (Å²) in [7, 11) is 0. The average molecular weight is 226 g/mol. The third-order valence-corrected chi connectivity index (χ3v) is 4.62. The van der Waals surface area contributed by atoms with Gasteiger partial charge in [0.1, 0.15) is 0 Å². The van der Waals surface area contributed by atoms with Gasteiger partial charge in [0.05, 0.1) is 11.7 Å². The summed E-state index contributed by atoms with van der Waals surface area (Å²) in [5, 5.41) is 21.1. The minimum absolute atomic E-state index is 0.358. The van der Waals surface area contributed by atoms with Gasteiger partial charge in [0.15, 0.2) is 0 Å². The lowest BCUT2D eigenvalue weighted by Crippen LogP contribution is -2.46. The lowest BCUT2D eigenvalue weighted by Gasteiger charge is -2.38. The highest BCUT2D eigenvalue weighted by atomic mass is 16.3. The maximum atomic E-state index is 10.6. The molecule has 94 valence electrons. The van der Waals surface area contributed by atoms with Crippen molar-refractivity contribution >= 4 is 0 Å². The van der Waals surface area contributed by atoms with E-state index in [0.29, 0.717) is 5.92 Å². The van der Waals surface area contributed by atoms with Crippen LogP contribution in [-0.4, -0.2) is 21.9 Å². The summed E-state index contributed by atoms with van der Waals surface area (Å²) >= 11 is 0. The highest BCUT2D eigenvalue weighted by Gasteiger charge is 2.40. The van der Waals surface area contributed by atoms with Crippen molar-refractivity contribution in [3.63, 3.8) is 0 Å². The van der Waals surface area contributed by atoms with E-state index < -0.39 is 11.7 Å². The zero-order chi connectivity index (χ0) is 11.4. The smallest absolute Gasteiger partial charge is 0.0908 e. The van der Waals surface area contributed by atoms with Crippen molar-refractivity contribution in [2.45, 2.75) is 82.3 Å². The monoisotopic (exact) mass is 226 g/mol. The standard InChI is InChI=1S/C14H26O2/c15-13(12-8-4-3-5-9-12)14(16)10-6-1-2-7-11-14/h12-13,15-16H,1-11H2. The molecule has 16 heavy (non-hydrogen) atoms. The number of aliphatic hydroxyl groups excluding tert-OH is 1. The molecule has 2 N–H and O–H groups in total. The Balaban J connectivity index is 1.96. The summed E-state index contributed by atoms with van der Waals surface area (Å²) in [4.78, 5) is 0. The van der Waals surface area contributed by atoms with Crippen LogP contribution in [0.5, 0.6) is 0 Å². The molecule has 2 aliphatic rings. The van der Waals surface area contributed by atoms with E-state index in [9.17, 15) is 10.2 Å². The van der Waals surface area contributed by atoms with Gasteiger partial charge in [-0.1, -0.05) is 44.9 Å². The summed E-state index contributed by atoms with van der Waals surface area (Å²) in [6.07, 6.45) is 11.8. The van der Waals surface area contributed by atoms with Crippen molar-refractivity contribution in [1.29, 1.82) is 0 Å². The van der Waals surface area contributed by atoms with E-state index in [4.69, 9.17) is 0 Å². The molecule has 2 aliphatic carbocycles. The first-order valence-corrected chi connectivity index (χ1v) is 7.13. The van der Waals surface area contributed by atoms with Crippen LogP contribution >= 0.6 is 0 Å². The molecule has 0 saturated heterocycles. The maximum Gasteiger partial charge on any atom is 0.0908 e. The minimum Gasteiger partial charge on any atom is -0.390 e. The van der Waals surface area contributed by atoms with Crippen molar-refractivity contribution in [2.75, 3.05) is 0 Å². The minimum atomic E-state index is -0.765. The van der Waals surface area contributed by atoms with Gasteiger partial charge in [-0.25, -0.2) is 0 Å². The Kier molecular flexibility index (Phi) is 4.26. The molecular formula is C14H26O2. The topological polar surface area (TPSA) is 40.5 Å². The summed E-state index contributed by atoms with van der Waals surface area (Å²) in [6.45, 7) is 0. The molecule has 0 heterocycles. The molecule has 0 aliphatic heterocycles. The van der Waals surface area contributed by atoms with Gasteiger partial charge in [0, 0.05) is 0 Å². The highest BCUT2D eigenvalue weighted by molar-refractivity contribution is 4.92. The van der Waals surface area contributed by atoms with E-state index in [1.807, 2.05) is 0 Å².